The average Bonchev–Trinajstić information content (AvgIpc) is 2.96. The predicted octanol–water partition coefficient (Wildman–Crippen LogP) is 3.16. The predicted molar refractivity (Wildman–Crippen MR) is 129 cm³/mol. The van der Waals surface area contributed by atoms with Gasteiger partial charge in [-0.1, -0.05) is 30.3 Å². The van der Waals surface area contributed by atoms with Gasteiger partial charge in [0.05, 0.1) is 6.54 Å². The molecular formula is C20H29BrIN5O. The van der Waals surface area contributed by atoms with Gasteiger partial charge in [-0.05, 0) is 40.9 Å². The van der Waals surface area contributed by atoms with Crippen LogP contribution in [0.5, 0.6) is 0 Å². The molecule has 8 heteroatoms. The molecule has 0 bridgehead atoms. The van der Waals surface area contributed by atoms with Gasteiger partial charge in [-0.15, -0.1) is 24.0 Å². The van der Waals surface area contributed by atoms with Gasteiger partial charge < -0.3 is 20.1 Å². The molecule has 28 heavy (non-hydrogen) atoms. The van der Waals surface area contributed by atoms with E-state index in [0.717, 1.165) is 23.1 Å². The topological polar surface area (TPSA) is 61.7 Å². The minimum Gasteiger partial charge on any atom is -0.357 e. The molecule has 1 aromatic heterocycles. The van der Waals surface area contributed by atoms with Crippen LogP contribution in [0.25, 0.3) is 0 Å². The molecule has 1 heterocycles. The first kappa shape index (κ1) is 24.5. The molecule has 0 radical (unpaired) electrons. The van der Waals surface area contributed by atoms with Crippen LogP contribution >= 0.6 is 39.9 Å². The minimum absolute atomic E-state index is 0. The summed E-state index contributed by atoms with van der Waals surface area (Å²) >= 11 is 3.49. The molecule has 0 aliphatic rings. The molecule has 0 saturated heterocycles. The molecule has 2 N–H and O–H groups in total. The number of aryl methyl sites for hydroxylation is 1. The Morgan fingerprint density at radius 2 is 1.96 bits per heavy atom. The van der Waals surface area contributed by atoms with Crippen molar-refractivity contribution in [1.29, 1.82) is 0 Å². The molecule has 2 rings (SSSR count). The van der Waals surface area contributed by atoms with Gasteiger partial charge in [0.15, 0.2) is 5.96 Å². The third-order valence-electron chi connectivity index (χ3n) is 4.12. The molecule has 0 aliphatic carbocycles. The van der Waals surface area contributed by atoms with Crippen LogP contribution in [0.4, 0.5) is 0 Å². The Morgan fingerprint density at radius 1 is 1.25 bits per heavy atom. The van der Waals surface area contributed by atoms with E-state index in [1.54, 1.807) is 0 Å². The second kappa shape index (κ2) is 12.8. The molecule has 1 amide bonds. The smallest absolute Gasteiger partial charge is 0.241 e. The lowest BCUT2D eigenvalue weighted by Crippen LogP contribution is -2.40. The van der Waals surface area contributed by atoms with Crippen LogP contribution in [0.1, 0.15) is 18.2 Å². The Morgan fingerprint density at radius 3 is 2.57 bits per heavy atom. The Balaban J connectivity index is 0.00000392. The number of guanidine groups is 1. The van der Waals surface area contributed by atoms with Gasteiger partial charge in [-0.3, -0.25) is 4.79 Å². The SMILES string of the molecule is CCNC(=NCC(=O)NCCc1ccccc1)N(C)Cc1cc(Br)cn1C.I. The first-order valence-electron chi connectivity index (χ1n) is 9.10. The lowest BCUT2D eigenvalue weighted by Gasteiger charge is -2.22. The zero-order valence-electron chi connectivity index (χ0n) is 16.6. The molecule has 2 aromatic rings. The van der Waals surface area contributed by atoms with E-state index < -0.39 is 0 Å². The highest BCUT2D eigenvalue weighted by Gasteiger charge is 2.10. The van der Waals surface area contributed by atoms with Gasteiger partial charge in [0.1, 0.15) is 6.54 Å². The van der Waals surface area contributed by atoms with Gasteiger partial charge in [-0.25, -0.2) is 4.99 Å². The fourth-order valence-electron chi connectivity index (χ4n) is 2.70. The molecule has 154 valence electrons. The third-order valence-corrected chi connectivity index (χ3v) is 4.55. The number of carbonyl (C=O) groups excluding carboxylic acids is 1. The summed E-state index contributed by atoms with van der Waals surface area (Å²) < 4.78 is 3.12. The zero-order chi connectivity index (χ0) is 19.6. The van der Waals surface area contributed by atoms with Gasteiger partial charge in [0.2, 0.25) is 5.91 Å². The number of nitrogens with one attached hydrogen (secondary N) is 2. The van der Waals surface area contributed by atoms with Gasteiger partial charge >= 0.3 is 0 Å². The summed E-state index contributed by atoms with van der Waals surface area (Å²) in [7, 11) is 3.98. The number of rotatable bonds is 8. The van der Waals surface area contributed by atoms with Crippen molar-refractivity contribution in [3.05, 3.63) is 58.3 Å². The van der Waals surface area contributed by atoms with E-state index in [4.69, 9.17) is 0 Å². The first-order chi connectivity index (χ1) is 13.0. The van der Waals surface area contributed by atoms with E-state index in [1.807, 2.05) is 50.3 Å². The molecule has 0 saturated carbocycles. The standard InChI is InChI=1S/C20H28BrN5O.HI/c1-4-22-20(26(3)15-18-12-17(21)14-25(18)2)24-13-19(27)23-11-10-16-8-6-5-7-9-16;/h5-9,12,14H,4,10-11,13,15H2,1-3H3,(H,22,24)(H,23,27);1H. The highest BCUT2D eigenvalue weighted by molar-refractivity contribution is 14.0. The van der Waals surface area contributed by atoms with E-state index >= 15 is 0 Å². The number of benzene rings is 1. The molecule has 0 spiro atoms. The number of amides is 1. The maximum absolute atomic E-state index is 12.1. The number of carbonyl (C=O) groups is 1. The fourth-order valence-corrected chi connectivity index (χ4v) is 3.28. The van der Waals surface area contributed by atoms with E-state index in [2.05, 4.69) is 54.3 Å². The van der Waals surface area contributed by atoms with Crippen LogP contribution in [0.15, 0.2) is 52.1 Å². The summed E-state index contributed by atoms with van der Waals surface area (Å²) in [5, 5.41) is 6.17. The zero-order valence-corrected chi connectivity index (χ0v) is 20.5. The molecule has 0 fully saturated rings. The maximum Gasteiger partial charge on any atom is 0.241 e. The number of hydrogen-bond donors (Lipinski definition) is 2. The lowest BCUT2D eigenvalue weighted by molar-refractivity contribution is -0.119. The number of aromatic nitrogens is 1. The van der Waals surface area contributed by atoms with Gasteiger partial charge in [0.25, 0.3) is 0 Å². The van der Waals surface area contributed by atoms with Crippen LogP contribution < -0.4 is 10.6 Å². The van der Waals surface area contributed by atoms with Crippen LogP contribution in [-0.2, 0) is 24.8 Å². The Kier molecular flexibility index (Phi) is 11.2. The monoisotopic (exact) mass is 561 g/mol. The quantitative estimate of drug-likeness (QED) is 0.296. The van der Waals surface area contributed by atoms with Crippen molar-refractivity contribution in [2.75, 3.05) is 26.7 Å². The van der Waals surface area contributed by atoms with Crippen molar-refractivity contribution in [2.24, 2.45) is 12.0 Å². The molecule has 0 atom stereocenters. The van der Waals surface area contributed by atoms with E-state index in [-0.39, 0.29) is 36.4 Å². The second-order valence-electron chi connectivity index (χ2n) is 6.37. The van der Waals surface area contributed by atoms with Crippen LogP contribution in [0, 0.1) is 0 Å². The Labute approximate surface area is 192 Å². The normalized spacial score (nSPS) is 10.9. The van der Waals surface area contributed by atoms with E-state index in [9.17, 15) is 4.79 Å². The molecule has 6 nitrogen and oxygen atoms in total. The maximum atomic E-state index is 12.1. The number of hydrogen-bond acceptors (Lipinski definition) is 2. The first-order valence-corrected chi connectivity index (χ1v) is 9.89. The van der Waals surface area contributed by atoms with E-state index in [1.165, 1.54) is 5.56 Å². The van der Waals surface area contributed by atoms with Crippen molar-refractivity contribution in [3.63, 3.8) is 0 Å². The van der Waals surface area contributed by atoms with Gasteiger partial charge in [-0.2, -0.15) is 0 Å². The summed E-state index contributed by atoms with van der Waals surface area (Å²) in [5.74, 6) is 0.643. The highest BCUT2D eigenvalue weighted by atomic mass is 127. The van der Waals surface area contributed by atoms with Crippen LogP contribution in [0.2, 0.25) is 0 Å². The minimum atomic E-state index is -0.0728. The van der Waals surface area contributed by atoms with E-state index in [0.29, 0.717) is 19.0 Å². The number of nitrogens with zero attached hydrogens (tertiary/aromatic N) is 3. The summed E-state index contributed by atoms with van der Waals surface area (Å²) in [6, 6.07) is 12.2. The van der Waals surface area contributed by atoms with Crippen molar-refractivity contribution >= 4 is 51.8 Å². The van der Waals surface area contributed by atoms with Crippen LogP contribution in [0.3, 0.4) is 0 Å². The molecular weight excluding hydrogens is 533 g/mol. The third kappa shape index (κ3) is 8.22. The summed E-state index contributed by atoms with van der Waals surface area (Å²) in [6.45, 7) is 4.18. The molecule has 0 aliphatic heterocycles. The average molecular weight is 562 g/mol. The van der Waals surface area contributed by atoms with Crippen molar-refractivity contribution in [2.45, 2.75) is 19.9 Å². The Bertz CT molecular complexity index is 763. The van der Waals surface area contributed by atoms with Gasteiger partial charge in [0, 0.05) is 43.5 Å². The number of aliphatic imine (C=N–C) groups is 1. The van der Waals surface area contributed by atoms with Crippen molar-refractivity contribution < 1.29 is 4.79 Å². The second-order valence-corrected chi connectivity index (χ2v) is 7.29. The summed E-state index contributed by atoms with van der Waals surface area (Å²) in [5.41, 5.74) is 2.37. The Hall–Kier alpha value is -1.55. The lowest BCUT2D eigenvalue weighted by atomic mass is 10.1. The summed E-state index contributed by atoms with van der Waals surface area (Å²) in [4.78, 5) is 18.6. The largest absolute Gasteiger partial charge is 0.357 e. The van der Waals surface area contributed by atoms with Crippen LogP contribution in [-0.4, -0.2) is 48.0 Å². The molecule has 0 unspecified atom stereocenters. The highest BCUT2D eigenvalue weighted by Crippen LogP contribution is 2.14. The fraction of sp³-hybridized carbons (Fsp3) is 0.400. The van der Waals surface area contributed by atoms with Crippen molar-refractivity contribution in [3.8, 4) is 0 Å². The molecule has 1 aromatic carbocycles. The summed E-state index contributed by atoms with van der Waals surface area (Å²) in [6.07, 6.45) is 2.84. The van der Waals surface area contributed by atoms with Crippen molar-refractivity contribution in [1.82, 2.24) is 20.1 Å². The number of halogens is 2.